The quantitative estimate of drug-likeness (QED) is 0.510. The highest BCUT2D eigenvalue weighted by Crippen LogP contribution is 2.31. The number of nitrogens with one attached hydrogen (secondary N) is 1. The number of nitrogens with zero attached hydrogens (tertiary/aromatic N) is 3. The van der Waals surface area contributed by atoms with Gasteiger partial charge in [-0.1, -0.05) is 35.7 Å². The van der Waals surface area contributed by atoms with E-state index in [1.807, 2.05) is 25.1 Å². The van der Waals surface area contributed by atoms with E-state index in [2.05, 4.69) is 21.2 Å². The zero-order valence-electron chi connectivity index (χ0n) is 13.9. The third-order valence-corrected chi connectivity index (χ3v) is 4.18. The maximum atomic E-state index is 11.2. The van der Waals surface area contributed by atoms with Gasteiger partial charge in [0.2, 0.25) is 0 Å². The Labute approximate surface area is 155 Å². The molecule has 1 N–H and O–H groups in total. The zero-order valence-corrected chi connectivity index (χ0v) is 14.7. The van der Waals surface area contributed by atoms with Crippen LogP contribution < -0.4 is 5.32 Å². The average Bonchev–Trinajstić information content (AvgIpc) is 2.80. The van der Waals surface area contributed by atoms with Crippen LogP contribution in [0.4, 0.5) is 11.4 Å². The molecule has 0 radical (unpaired) electrons. The Morgan fingerprint density at radius 2 is 2.08 bits per heavy atom. The molecule has 7 heteroatoms. The fourth-order valence-electron chi connectivity index (χ4n) is 2.60. The number of hydrogen-bond donors (Lipinski definition) is 1. The minimum atomic E-state index is -0.446. The van der Waals surface area contributed by atoms with E-state index in [1.165, 1.54) is 12.1 Å². The lowest BCUT2D eigenvalue weighted by Gasteiger charge is -2.09. The molecule has 26 heavy (non-hydrogen) atoms. The standard InChI is InChI=1S/C19H15ClN4O2/c1-3-12(2)22-18-11-21-19(14-6-4-5-7-16(14)20)15-10-13(24(25)26)8-9-17(15)23-18/h1,4-10,12H,11H2,2H3,(H,22,23). The molecule has 2 aromatic rings. The number of nitro benzene ring substituents is 1. The van der Waals surface area contributed by atoms with Crippen LogP contribution in [0, 0.1) is 22.5 Å². The van der Waals surface area contributed by atoms with Crippen molar-refractivity contribution in [3.63, 3.8) is 0 Å². The summed E-state index contributed by atoms with van der Waals surface area (Å²) in [5, 5.41) is 14.8. The molecular formula is C19H15ClN4O2. The average molecular weight is 367 g/mol. The summed E-state index contributed by atoms with van der Waals surface area (Å²) in [5.41, 5.74) is 2.34. The Bertz CT molecular complexity index is 976. The molecule has 1 unspecified atom stereocenters. The number of fused-ring (bicyclic) bond motifs is 1. The molecule has 130 valence electrons. The van der Waals surface area contributed by atoms with Gasteiger partial charge in [0.1, 0.15) is 5.84 Å². The van der Waals surface area contributed by atoms with E-state index in [0.29, 0.717) is 33.4 Å². The molecule has 0 amide bonds. The summed E-state index contributed by atoms with van der Waals surface area (Å²) < 4.78 is 0. The molecule has 6 nitrogen and oxygen atoms in total. The molecule has 0 aliphatic carbocycles. The molecule has 0 fully saturated rings. The van der Waals surface area contributed by atoms with Crippen molar-refractivity contribution in [2.75, 3.05) is 6.54 Å². The molecule has 1 aliphatic rings. The second-order valence-electron chi connectivity index (χ2n) is 5.69. The number of non-ortho nitro benzene ring substituents is 1. The van der Waals surface area contributed by atoms with Crippen LogP contribution in [0.2, 0.25) is 5.02 Å². The summed E-state index contributed by atoms with van der Waals surface area (Å²) in [7, 11) is 0. The Kier molecular flexibility index (Phi) is 5.01. The van der Waals surface area contributed by atoms with Gasteiger partial charge in [0.05, 0.1) is 28.9 Å². The highest BCUT2D eigenvalue weighted by Gasteiger charge is 2.21. The van der Waals surface area contributed by atoms with E-state index >= 15 is 0 Å². The van der Waals surface area contributed by atoms with Crippen LogP contribution in [-0.2, 0) is 0 Å². The fraction of sp³-hybridized carbons (Fsp3) is 0.158. The van der Waals surface area contributed by atoms with Crippen molar-refractivity contribution in [1.82, 2.24) is 5.32 Å². The van der Waals surface area contributed by atoms with Crippen LogP contribution in [0.1, 0.15) is 18.1 Å². The Morgan fingerprint density at radius 3 is 2.77 bits per heavy atom. The second-order valence-corrected chi connectivity index (χ2v) is 6.10. The molecule has 1 aliphatic heterocycles. The number of benzene rings is 2. The molecule has 0 bridgehead atoms. The van der Waals surface area contributed by atoms with Gasteiger partial charge in [0.25, 0.3) is 5.69 Å². The lowest BCUT2D eigenvalue weighted by atomic mass is 10.00. The van der Waals surface area contributed by atoms with Crippen LogP contribution in [0.3, 0.4) is 0 Å². The van der Waals surface area contributed by atoms with Gasteiger partial charge in [-0.2, -0.15) is 0 Å². The maximum Gasteiger partial charge on any atom is 0.270 e. The maximum absolute atomic E-state index is 11.2. The topological polar surface area (TPSA) is 79.9 Å². The van der Waals surface area contributed by atoms with Gasteiger partial charge in [0, 0.05) is 28.3 Å². The third-order valence-electron chi connectivity index (χ3n) is 3.85. The smallest absolute Gasteiger partial charge is 0.270 e. The van der Waals surface area contributed by atoms with Crippen molar-refractivity contribution in [3.8, 4) is 12.3 Å². The number of rotatable bonds is 3. The number of terminal acetylenes is 1. The summed E-state index contributed by atoms with van der Waals surface area (Å²) >= 11 is 6.33. The first-order chi connectivity index (χ1) is 12.5. The van der Waals surface area contributed by atoms with Crippen molar-refractivity contribution >= 4 is 34.5 Å². The first kappa shape index (κ1) is 17.6. The summed E-state index contributed by atoms with van der Waals surface area (Å²) in [6.45, 7) is 2.10. The van der Waals surface area contributed by atoms with Crippen LogP contribution in [0.5, 0.6) is 0 Å². The van der Waals surface area contributed by atoms with Crippen LogP contribution in [0.25, 0.3) is 0 Å². The summed E-state index contributed by atoms with van der Waals surface area (Å²) in [6, 6.07) is 11.5. The predicted molar refractivity (Wildman–Crippen MR) is 104 cm³/mol. The fourth-order valence-corrected chi connectivity index (χ4v) is 2.82. The first-order valence-electron chi connectivity index (χ1n) is 7.88. The number of hydrogen-bond acceptors (Lipinski definition) is 5. The molecule has 0 aromatic heterocycles. The largest absolute Gasteiger partial charge is 0.359 e. The van der Waals surface area contributed by atoms with Crippen LogP contribution in [0.15, 0.2) is 52.4 Å². The minimum absolute atomic E-state index is 0.0351. The first-order valence-corrected chi connectivity index (χ1v) is 8.26. The SMILES string of the molecule is C#CC(C)NC1=Nc2ccc([N+](=O)[O-])cc2C(c2ccccc2Cl)=NC1. The molecule has 0 spiro atoms. The van der Waals surface area contributed by atoms with E-state index < -0.39 is 4.92 Å². The van der Waals surface area contributed by atoms with Gasteiger partial charge < -0.3 is 5.32 Å². The van der Waals surface area contributed by atoms with Crippen LogP contribution in [-0.4, -0.2) is 29.1 Å². The Morgan fingerprint density at radius 1 is 1.31 bits per heavy atom. The number of halogens is 1. The van der Waals surface area contributed by atoms with E-state index in [4.69, 9.17) is 18.0 Å². The van der Waals surface area contributed by atoms with Crippen LogP contribution >= 0.6 is 11.6 Å². The van der Waals surface area contributed by atoms with Crippen molar-refractivity contribution < 1.29 is 4.92 Å². The lowest BCUT2D eigenvalue weighted by molar-refractivity contribution is -0.384. The number of aliphatic imine (C=N–C) groups is 2. The summed E-state index contributed by atoms with van der Waals surface area (Å²) in [4.78, 5) is 19.9. The molecule has 3 rings (SSSR count). The zero-order chi connectivity index (χ0) is 18.7. The number of nitro groups is 1. The molecule has 1 atom stereocenters. The van der Waals surface area contributed by atoms with E-state index in [0.717, 1.165) is 0 Å². The summed E-state index contributed by atoms with van der Waals surface area (Å²) in [5.74, 6) is 3.17. The normalized spacial score (nSPS) is 14.2. The Balaban J connectivity index is 2.17. The molecule has 0 saturated carbocycles. The van der Waals surface area contributed by atoms with Gasteiger partial charge in [-0.05, 0) is 19.1 Å². The van der Waals surface area contributed by atoms with Gasteiger partial charge in [0.15, 0.2) is 0 Å². The van der Waals surface area contributed by atoms with Gasteiger partial charge >= 0.3 is 0 Å². The van der Waals surface area contributed by atoms with Gasteiger partial charge in [-0.15, -0.1) is 6.42 Å². The van der Waals surface area contributed by atoms with Crippen molar-refractivity contribution in [2.24, 2.45) is 9.98 Å². The highest BCUT2D eigenvalue weighted by molar-refractivity contribution is 6.36. The number of amidine groups is 1. The van der Waals surface area contributed by atoms with Crippen molar-refractivity contribution in [3.05, 3.63) is 68.7 Å². The second kappa shape index (κ2) is 7.38. The van der Waals surface area contributed by atoms with E-state index in [1.54, 1.807) is 12.1 Å². The lowest BCUT2D eigenvalue weighted by Crippen LogP contribution is -2.33. The predicted octanol–water partition coefficient (Wildman–Crippen LogP) is 3.74. The minimum Gasteiger partial charge on any atom is -0.359 e. The third kappa shape index (κ3) is 3.58. The van der Waals surface area contributed by atoms with E-state index in [9.17, 15) is 10.1 Å². The van der Waals surface area contributed by atoms with Gasteiger partial charge in [-0.25, -0.2) is 4.99 Å². The summed E-state index contributed by atoms with van der Waals surface area (Å²) in [6.07, 6.45) is 5.42. The van der Waals surface area contributed by atoms with E-state index in [-0.39, 0.29) is 18.3 Å². The highest BCUT2D eigenvalue weighted by atomic mass is 35.5. The molecular weight excluding hydrogens is 352 g/mol. The van der Waals surface area contributed by atoms with Crippen molar-refractivity contribution in [2.45, 2.75) is 13.0 Å². The molecule has 0 saturated heterocycles. The molecule has 2 aromatic carbocycles. The monoisotopic (exact) mass is 366 g/mol. The molecule has 1 heterocycles. The van der Waals surface area contributed by atoms with Gasteiger partial charge in [-0.3, -0.25) is 15.1 Å². The van der Waals surface area contributed by atoms with Crippen molar-refractivity contribution in [1.29, 1.82) is 0 Å². The Hall–Kier alpha value is -3.17.